The average molecular weight is 305 g/mol. The molecule has 0 fully saturated rings. The number of benzene rings is 1. The number of anilines is 1. The van der Waals surface area contributed by atoms with E-state index < -0.39 is 0 Å². The van der Waals surface area contributed by atoms with Gasteiger partial charge in [-0.2, -0.15) is 0 Å². The summed E-state index contributed by atoms with van der Waals surface area (Å²) in [5.41, 5.74) is 2.17. The second kappa shape index (κ2) is 6.12. The number of nitrogens with one attached hydrogen (secondary N) is 1. The van der Waals surface area contributed by atoms with Gasteiger partial charge in [0, 0.05) is 18.5 Å². The van der Waals surface area contributed by atoms with Crippen LogP contribution in [0.5, 0.6) is 0 Å². The van der Waals surface area contributed by atoms with Crippen molar-refractivity contribution in [3.05, 3.63) is 46.2 Å². The third-order valence-corrected chi connectivity index (χ3v) is 5.17. The molecule has 1 aliphatic carbocycles. The van der Waals surface area contributed by atoms with Crippen LogP contribution < -0.4 is 10.2 Å². The van der Waals surface area contributed by atoms with E-state index in [0.29, 0.717) is 12.6 Å². The van der Waals surface area contributed by atoms with Crippen LogP contribution >= 0.6 is 11.3 Å². The second-order valence-corrected chi connectivity index (χ2v) is 6.59. The Bertz CT molecular complexity index is 626. The molecule has 1 unspecified atom stereocenters. The zero-order chi connectivity index (χ0) is 14.8. The minimum atomic E-state index is -0.186. The lowest BCUT2D eigenvalue weighted by molar-refractivity contribution is 0.490. The van der Waals surface area contributed by atoms with E-state index in [1.165, 1.54) is 23.1 Å². The van der Waals surface area contributed by atoms with Gasteiger partial charge in [-0.25, -0.2) is 9.37 Å². The lowest BCUT2D eigenvalue weighted by Gasteiger charge is -2.20. The Morgan fingerprint density at radius 3 is 3.10 bits per heavy atom. The summed E-state index contributed by atoms with van der Waals surface area (Å²) in [5.74, 6) is -0.186. The van der Waals surface area contributed by atoms with E-state index in [-0.39, 0.29) is 5.82 Å². The third kappa shape index (κ3) is 3.09. The predicted molar refractivity (Wildman–Crippen MR) is 85.4 cm³/mol. The van der Waals surface area contributed by atoms with E-state index in [0.717, 1.165) is 23.5 Å². The Labute approximate surface area is 128 Å². The highest BCUT2D eigenvalue weighted by Gasteiger charge is 2.24. The summed E-state index contributed by atoms with van der Waals surface area (Å²) >= 11 is 1.77. The number of fused-ring (bicyclic) bond motifs is 1. The van der Waals surface area contributed by atoms with Crippen LogP contribution in [0.4, 0.5) is 9.52 Å². The average Bonchev–Trinajstić information content (AvgIpc) is 2.91. The summed E-state index contributed by atoms with van der Waals surface area (Å²) in [6, 6.07) is 7.14. The van der Waals surface area contributed by atoms with Crippen molar-refractivity contribution >= 4 is 16.5 Å². The van der Waals surface area contributed by atoms with E-state index in [1.807, 2.05) is 20.2 Å². The summed E-state index contributed by atoms with van der Waals surface area (Å²) in [6.07, 6.45) is 3.49. The first-order valence-corrected chi connectivity index (χ1v) is 8.11. The summed E-state index contributed by atoms with van der Waals surface area (Å²) < 4.78 is 13.3. The second-order valence-electron chi connectivity index (χ2n) is 5.52. The maximum atomic E-state index is 13.3. The molecule has 0 saturated carbocycles. The Morgan fingerprint density at radius 1 is 1.48 bits per heavy atom. The van der Waals surface area contributed by atoms with Crippen molar-refractivity contribution in [2.75, 3.05) is 19.0 Å². The molecule has 0 saturated heterocycles. The number of nitrogens with zero attached hydrogens (tertiary/aromatic N) is 2. The van der Waals surface area contributed by atoms with Crippen molar-refractivity contribution in [3.8, 4) is 0 Å². The predicted octanol–water partition coefficient (Wildman–Crippen LogP) is 3.52. The molecule has 2 aromatic rings. The lowest BCUT2D eigenvalue weighted by atomic mass is 9.98. The van der Waals surface area contributed by atoms with Gasteiger partial charge in [0.1, 0.15) is 5.82 Å². The molecule has 112 valence electrons. The fourth-order valence-electron chi connectivity index (χ4n) is 2.83. The van der Waals surface area contributed by atoms with Gasteiger partial charge >= 0.3 is 0 Å². The monoisotopic (exact) mass is 305 g/mol. The zero-order valence-electron chi connectivity index (χ0n) is 12.4. The minimum absolute atomic E-state index is 0.186. The van der Waals surface area contributed by atoms with Gasteiger partial charge in [-0.1, -0.05) is 12.1 Å². The normalized spacial score (nSPS) is 17.6. The molecule has 0 radical (unpaired) electrons. The van der Waals surface area contributed by atoms with Crippen LogP contribution in [-0.2, 0) is 13.0 Å². The van der Waals surface area contributed by atoms with Gasteiger partial charge in [-0.05, 0) is 44.0 Å². The molecule has 0 amide bonds. The largest absolute Gasteiger partial charge is 0.347 e. The number of aromatic nitrogens is 1. The molecule has 1 aromatic heterocycles. The van der Waals surface area contributed by atoms with Crippen LogP contribution in [0.25, 0.3) is 0 Å². The van der Waals surface area contributed by atoms with Crippen molar-refractivity contribution < 1.29 is 4.39 Å². The number of hydrogen-bond acceptors (Lipinski definition) is 4. The first-order chi connectivity index (χ1) is 10.2. The Hall–Kier alpha value is -1.46. The van der Waals surface area contributed by atoms with E-state index in [1.54, 1.807) is 23.5 Å². The first kappa shape index (κ1) is 14.5. The molecular formula is C16H20FN3S. The van der Waals surface area contributed by atoms with Gasteiger partial charge in [0.15, 0.2) is 5.13 Å². The molecule has 1 aromatic carbocycles. The van der Waals surface area contributed by atoms with Gasteiger partial charge in [0.05, 0.1) is 11.7 Å². The van der Waals surface area contributed by atoms with Crippen LogP contribution in [0.2, 0.25) is 0 Å². The SMILES string of the molecule is CNC1CCCc2sc(N(C)Cc3cccc(F)c3)nc21. The molecule has 1 aliphatic rings. The molecular weight excluding hydrogens is 285 g/mol. The van der Waals surface area contributed by atoms with Crippen molar-refractivity contribution in [3.63, 3.8) is 0 Å². The standard InChI is InChI=1S/C16H20FN3S/c1-18-13-7-4-8-14-15(13)19-16(21-14)20(2)10-11-5-3-6-12(17)9-11/h3,5-6,9,13,18H,4,7-8,10H2,1-2H3. The molecule has 1 atom stereocenters. The van der Waals surface area contributed by atoms with E-state index in [4.69, 9.17) is 4.98 Å². The molecule has 0 aliphatic heterocycles. The van der Waals surface area contributed by atoms with Gasteiger partial charge in [0.25, 0.3) is 0 Å². The van der Waals surface area contributed by atoms with Crippen LogP contribution in [0.1, 0.15) is 35.0 Å². The molecule has 0 spiro atoms. The first-order valence-electron chi connectivity index (χ1n) is 7.30. The van der Waals surface area contributed by atoms with E-state index in [2.05, 4.69) is 10.2 Å². The highest BCUT2D eigenvalue weighted by Crippen LogP contribution is 2.36. The van der Waals surface area contributed by atoms with E-state index >= 15 is 0 Å². The molecule has 3 rings (SSSR count). The summed E-state index contributed by atoms with van der Waals surface area (Å²) in [5, 5.41) is 4.37. The minimum Gasteiger partial charge on any atom is -0.347 e. The van der Waals surface area contributed by atoms with Gasteiger partial charge in [-0.15, -0.1) is 11.3 Å². The summed E-state index contributed by atoms with van der Waals surface area (Å²) in [6.45, 7) is 0.675. The van der Waals surface area contributed by atoms with Gasteiger partial charge in [0.2, 0.25) is 0 Å². The highest BCUT2D eigenvalue weighted by atomic mass is 32.1. The number of halogens is 1. The van der Waals surface area contributed by atoms with Crippen molar-refractivity contribution in [2.45, 2.75) is 31.8 Å². The van der Waals surface area contributed by atoms with Crippen molar-refractivity contribution in [1.29, 1.82) is 0 Å². The molecule has 1 heterocycles. The highest BCUT2D eigenvalue weighted by molar-refractivity contribution is 7.15. The fraction of sp³-hybridized carbons (Fsp3) is 0.438. The van der Waals surface area contributed by atoms with Crippen molar-refractivity contribution in [2.24, 2.45) is 0 Å². The smallest absolute Gasteiger partial charge is 0.185 e. The molecule has 21 heavy (non-hydrogen) atoms. The number of rotatable bonds is 4. The summed E-state index contributed by atoms with van der Waals surface area (Å²) in [4.78, 5) is 8.30. The maximum absolute atomic E-state index is 13.3. The number of thiazole rings is 1. The maximum Gasteiger partial charge on any atom is 0.185 e. The number of hydrogen-bond donors (Lipinski definition) is 1. The molecule has 5 heteroatoms. The quantitative estimate of drug-likeness (QED) is 0.937. The molecule has 1 N–H and O–H groups in total. The van der Waals surface area contributed by atoms with Gasteiger partial charge in [-0.3, -0.25) is 0 Å². The fourth-order valence-corrected chi connectivity index (χ4v) is 3.95. The topological polar surface area (TPSA) is 28.2 Å². The Balaban J connectivity index is 1.79. The van der Waals surface area contributed by atoms with Crippen LogP contribution in [0.15, 0.2) is 24.3 Å². The third-order valence-electron chi connectivity index (χ3n) is 3.93. The number of aryl methyl sites for hydroxylation is 1. The molecule has 3 nitrogen and oxygen atoms in total. The lowest BCUT2D eigenvalue weighted by Crippen LogP contribution is -2.21. The van der Waals surface area contributed by atoms with Gasteiger partial charge < -0.3 is 10.2 Å². The molecule has 0 bridgehead atoms. The Morgan fingerprint density at radius 2 is 2.33 bits per heavy atom. The van der Waals surface area contributed by atoms with Crippen LogP contribution in [0, 0.1) is 5.82 Å². The van der Waals surface area contributed by atoms with Crippen LogP contribution in [-0.4, -0.2) is 19.1 Å². The van der Waals surface area contributed by atoms with Crippen LogP contribution in [0.3, 0.4) is 0 Å². The summed E-state index contributed by atoms with van der Waals surface area (Å²) in [7, 11) is 4.01. The van der Waals surface area contributed by atoms with E-state index in [9.17, 15) is 4.39 Å². The zero-order valence-corrected chi connectivity index (χ0v) is 13.2. The van der Waals surface area contributed by atoms with Crippen molar-refractivity contribution in [1.82, 2.24) is 10.3 Å². The Kier molecular flexibility index (Phi) is 4.22.